The number of rotatable bonds is 20. The average molecular weight is 602 g/mol. The second kappa shape index (κ2) is 18.0. The van der Waals surface area contributed by atoms with E-state index in [1.807, 2.05) is 0 Å². The molecule has 3 heteroatoms. The van der Waals surface area contributed by atoms with Crippen LogP contribution in [0, 0.1) is 47.3 Å². The Kier molecular flexibility index (Phi) is 14.8. The van der Waals surface area contributed by atoms with Gasteiger partial charge in [0, 0.05) is 30.5 Å². The van der Waals surface area contributed by atoms with Gasteiger partial charge in [-0.15, -0.1) is 0 Å². The Balaban J connectivity index is 1.44. The summed E-state index contributed by atoms with van der Waals surface area (Å²) in [6, 6.07) is 11.7. The highest BCUT2D eigenvalue weighted by molar-refractivity contribution is 5.31. The predicted octanol–water partition coefficient (Wildman–Crippen LogP) is 9.70. The Labute approximate surface area is 272 Å². The first kappa shape index (κ1) is 36.2. The molecular weight excluding hydrogens is 534 g/mol. The molecule has 0 spiro atoms. The van der Waals surface area contributed by atoms with E-state index >= 15 is 0 Å². The van der Waals surface area contributed by atoms with Gasteiger partial charge in [-0.1, -0.05) is 123 Å². The van der Waals surface area contributed by atoms with Gasteiger partial charge in [0.05, 0.1) is 6.04 Å². The minimum absolute atomic E-state index is 0.308. The lowest BCUT2D eigenvalue weighted by molar-refractivity contribution is 0.208. The highest BCUT2D eigenvalue weighted by Crippen LogP contribution is 2.43. The van der Waals surface area contributed by atoms with Crippen LogP contribution in [0.5, 0.6) is 0 Å². The van der Waals surface area contributed by atoms with E-state index in [-0.39, 0.29) is 0 Å². The summed E-state index contributed by atoms with van der Waals surface area (Å²) in [4.78, 5) is 0. The SMILES string of the molecule is C=C(CNC(C)C(C(C)C)C(C)C)NC[C@H](C)CCC1CCCC1[C@H](C)[C@H](C)C(=C)N[C@@H](Cc1ccccc1)C1=CC=CC1. The minimum atomic E-state index is 0.308. The normalized spacial score (nSPS) is 21.8. The molecule has 246 valence electrons. The van der Waals surface area contributed by atoms with Gasteiger partial charge in [0.2, 0.25) is 0 Å². The van der Waals surface area contributed by atoms with Crippen LogP contribution in [0.25, 0.3) is 0 Å². The summed E-state index contributed by atoms with van der Waals surface area (Å²) in [7, 11) is 0. The first-order chi connectivity index (χ1) is 21.0. The molecule has 3 unspecified atom stereocenters. The monoisotopic (exact) mass is 602 g/mol. The third kappa shape index (κ3) is 11.0. The van der Waals surface area contributed by atoms with Crippen molar-refractivity contribution in [3.63, 3.8) is 0 Å². The van der Waals surface area contributed by atoms with Crippen LogP contribution in [0.3, 0.4) is 0 Å². The van der Waals surface area contributed by atoms with Gasteiger partial charge >= 0.3 is 0 Å². The van der Waals surface area contributed by atoms with Crippen molar-refractivity contribution in [3.8, 4) is 0 Å². The van der Waals surface area contributed by atoms with Gasteiger partial charge in [0.1, 0.15) is 0 Å². The molecular formula is C41H67N3. The van der Waals surface area contributed by atoms with Gasteiger partial charge in [-0.2, -0.15) is 0 Å². The van der Waals surface area contributed by atoms with Crippen molar-refractivity contribution < 1.29 is 0 Å². The summed E-state index contributed by atoms with van der Waals surface area (Å²) in [6.07, 6.45) is 15.6. The number of hydrogen-bond acceptors (Lipinski definition) is 3. The van der Waals surface area contributed by atoms with E-state index < -0.39 is 0 Å². The fourth-order valence-electron chi connectivity index (χ4n) is 8.33. The largest absolute Gasteiger partial charge is 0.388 e. The molecule has 1 aromatic rings. The van der Waals surface area contributed by atoms with Crippen LogP contribution in [0.15, 0.2) is 78.7 Å². The Morgan fingerprint density at radius 2 is 1.64 bits per heavy atom. The van der Waals surface area contributed by atoms with E-state index in [4.69, 9.17) is 0 Å². The zero-order valence-electron chi connectivity index (χ0n) is 29.7. The zero-order chi connectivity index (χ0) is 32.2. The van der Waals surface area contributed by atoms with Gasteiger partial charge in [-0.3, -0.25) is 0 Å². The van der Waals surface area contributed by atoms with Crippen molar-refractivity contribution >= 4 is 0 Å². The van der Waals surface area contributed by atoms with Crippen molar-refractivity contribution in [2.75, 3.05) is 13.1 Å². The van der Waals surface area contributed by atoms with Gasteiger partial charge in [-0.25, -0.2) is 0 Å². The van der Waals surface area contributed by atoms with E-state index in [0.717, 1.165) is 43.5 Å². The maximum Gasteiger partial charge on any atom is 0.0517 e. The Hall–Kier alpha value is -2.26. The second-order valence-corrected chi connectivity index (χ2v) is 15.2. The predicted molar refractivity (Wildman–Crippen MR) is 193 cm³/mol. The van der Waals surface area contributed by atoms with E-state index in [1.54, 1.807) is 0 Å². The molecule has 0 aromatic heterocycles. The van der Waals surface area contributed by atoms with Gasteiger partial charge in [-0.05, 0) is 97.5 Å². The molecule has 0 amide bonds. The summed E-state index contributed by atoms with van der Waals surface area (Å²) in [5.41, 5.74) is 5.19. The van der Waals surface area contributed by atoms with Crippen LogP contribution in [-0.4, -0.2) is 25.2 Å². The van der Waals surface area contributed by atoms with Crippen LogP contribution in [0.4, 0.5) is 0 Å². The van der Waals surface area contributed by atoms with Crippen molar-refractivity contribution in [1.82, 2.24) is 16.0 Å². The van der Waals surface area contributed by atoms with Crippen molar-refractivity contribution in [1.29, 1.82) is 0 Å². The third-order valence-corrected chi connectivity index (χ3v) is 11.1. The van der Waals surface area contributed by atoms with E-state index in [9.17, 15) is 0 Å². The third-order valence-electron chi connectivity index (χ3n) is 11.1. The van der Waals surface area contributed by atoms with Crippen molar-refractivity contribution in [2.24, 2.45) is 47.3 Å². The van der Waals surface area contributed by atoms with Crippen LogP contribution in [0.2, 0.25) is 0 Å². The first-order valence-electron chi connectivity index (χ1n) is 18.0. The van der Waals surface area contributed by atoms with E-state index in [2.05, 4.69) is 133 Å². The lowest BCUT2D eigenvalue weighted by Gasteiger charge is -2.34. The van der Waals surface area contributed by atoms with Gasteiger partial charge < -0.3 is 16.0 Å². The molecule has 2 aliphatic rings. The quantitative estimate of drug-likeness (QED) is 0.139. The van der Waals surface area contributed by atoms with Crippen LogP contribution >= 0.6 is 0 Å². The molecule has 3 N–H and O–H groups in total. The smallest absolute Gasteiger partial charge is 0.0517 e. The molecule has 0 radical (unpaired) electrons. The van der Waals surface area contributed by atoms with Crippen molar-refractivity contribution in [3.05, 3.63) is 84.2 Å². The summed E-state index contributed by atoms with van der Waals surface area (Å²) in [5, 5.41) is 11.3. The topological polar surface area (TPSA) is 36.1 Å². The molecule has 0 aliphatic heterocycles. The highest BCUT2D eigenvalue weighted by atomic mass is 15.0. The summed E-state index contributed by atoms with van der Waals surface area (Å²) in [5.74, 6) is 5.41. The van der Waals surface area contributed by atoms with Crippen LogP contribution < -0.4 is 16.0 Å². The number of nitrogens with one attached hydrogen (secondary N) is 3. The number of hydrogen-bond donors (Lipinski definition) is 3. The molecule has 1 aromatic carbocycles. The highest BCUT2D eigenvalue weighted by Gasteiger charge is 2.35. The number of benzene rings is 1. The molecule has 0 heterocycles. The van der Waals surface area contributed by atoms with E-state index in [0.29, 0.717) is 47.6 Å². The van der Waals surface area contributed by atoms with Gasteiger partial charge in [0.25, 0.3) is 0 Å². The molecule has 1 fully saturated rings. The minimum Gasteiger partial charge on any atom is -0.388 e. The lowest BCUT2D eigenvalue weighted by atomic mass is 9.75. The van der Waals surface area contributed by atoms with E-state index in [1.165, 1.54) is 48.9 Å². The average Bonchev–Trinajstić information content (AvgIpc) is 3.70. The van der Waals surface area contributed by atoms with Crippen LogP contribution in [0.1, 0.15) is 99.5 Å². The van der Waals surface area contributed by atoms with Crippen molar-refractivity contribution in [2.45, 2.75) is 112 Å². The summed E-state index contributed by atoms with van der Waals surface area (Å²) < 4.78 is 0. The molecule has 1 saturated carbocycles. The summed E-state index contributed by atoms with van der Waals surface area (Å²) in [6.45, 7) is 29.8. The Morgan fingerprint density at radius 1 is 0.932 bits per heavy atom. The lowest BCUT2D eigenvalue weighted by Crippen LogP contribution is -2.41. The molecule has 2 aliphatic carbocycles. The molecule has 7 atom stereocenters. The molecule has 44 heavy (non-hydrogen) atoms. The molecule has 0 bridgehead atoms. The fourth-order valence-corrected chi connectivity index (χ4v) is 8.33. The zero-order valence-corrected chi connectivity index (χ0v) is 29.7. The first-order valence-corrected chi connectivity index (χ1v) is 18.0. The van der Waals surface area contributed by atoms with Gasteiger partial charge in [0.15, 0.2) is 0 Å². The standard InChI is InChI=1S/C41H67N3/c1-28(2)41(29(3)4)35(10)43-27-31(6)42-26-30(5)23-24-37-21-16-22-39(37)33(8)32(7)34(9)44-40(38-19-14-15-20-38)25-36-17-12-11-13-18-36/h11-15,17-19,28-30,32-33,35,37,39-44H,6,9,16,20-27H2,1-5,7-8,10H3/t30-,32+,33-,35?,37?,39?,40+/m1/s1. The molecule has 0 saturated heterocycles. The maximum absolute atomic E-state index is 4.61. The fraction of sp³-hybridized carbons (Fsp3) is 0.659. The number of allylic oxidation sites excluding steroid dienone is 4. The Bertz CT molecular complexity index is 1060. The summed E-state index contributed by atoms with van der Waals surface area (Å²) >= 11 is 0. The molecule has 3 rings (SSSR count). The second-order valence-electron chi connectivity index (χ2n) is 15.2. The molecule has 3 nitrogen and oxygen atoms in total. The Morgan fingerprint density at radius 3 is 2.27 bits per heavy atom. The maximum atomic E-state index is 4.61. The van der Waals surface area contributed by atoms with Crippen LogP contribution in [-0.2, 0) is 6.42 Å².